The molecule has 2 unspecified atom stereocenters. The van der Waals surface area contributed by atoms with E-state index < -0.39 is 5.60 Å². The van der Waals surface area contributed by atoms with Crippen molar-refractivity contribution in [2.45, 2.75) is 51.6 Å². The van der Waals surface area contributed by atoms with E-state index in [2.05, 4.69) is 18.9 Å². The van der Waals surface area contributed by atoms with Gasteiger partial charge < -0.3 is 5.11 Å². The highest BCUT2D eigenvalue weighted by molar-refractivity contribution is 5.13. The van der Waals surface area contributed by atoms with E-state index in [4.69, 9.17) is 0 Å². The Bertz CT molecular complexity index is 372. The summed E-state index contributed by atoms with van der Waals surface area (Å²) in [5.41, 5.74) is 0.328. The predicted molar refractivity (Wildman–Crippen MR) is 68.5 cm³/mol. The van der Waals surface area contributed by atoms with Crippen LogP contribution in [0.25, 0.3) is 0 Å². The number of aryl methyl sites for hydroxylation is 1. The zero-order valence-electron chi connectivity index (χ0n) is 11.2. The maximum atomic E-state index is 10.8. The van der Waals surface area contributed by atoms with Gasteiger partial charge in [-0.05, 0) is 43.6 Å². The number of aromatic nitrogens is 2. The molecular formula is C14H24N2O. The average molecular weight is 236 g/mol. The van der Waals surface area contributed by atoms with Crippen LogP contribution in [0.4, 0.5) is 0 Å². The van der Waals surface area contributed by atoms with Crippen LogP contribution in [0.5, 0.6) is 0 Å². The molecule has 0 aromatic carbocycles. The first kappa shape index (κ1) is 12.6. The van der Waals surface area contributed by atoms with Crippen LogP contribution in [0.2, 0.25) is 0 Å². The molecule has 1 heterocycles. The van der Waals surface area contributed by atoms with E-state index >= 15 is 0 Å². The van der Waals surface area contributed by atoms with Gasteiger partial charge in [-0.3, -0.25) is 4.68 Å². The van der Waals surface area contributed by atoms with Crippen molar-refractivity contribution in [1.82, 2.24) is 9.78 Å². The SMILES string of the molecule is CC(C)CC1CCCC(O)(c2ccnn2C)C1. The van der Waals surface area contributed by atoms with Gasteiger partial charge in [0, 0.05) is 13.2 Å². The molecule has 3 nitrogen and oxygen atoms in total. The zero-order valence-corrected chi connectivity index (χ0v) is 11.2. The Hall–Kier alpha value is -0.830. The highest BCUT2D eigenvalue weighted by atomic mass is 16.3. The van der Waals surface area contributed by atoms with Crippen molar-refractivity contribution in [3.8, 4) is 0 Å². The van der Waals surface area contributed by atoms with Crippen molar-refractivity contribution >= 4 is 0 Å². The molecule has 0 radical (unpaired) electrons. The van der Waals surface area contributed by atoms with Crippen LogP contribution in [0.1, 0.15) is 51.6 Å². The molecule has 1 fully saturated rings. The lowest BCUT2D eigenvalue weighted by Gasteiger charge is -2.37. The van der Waals surface area contributed by atoms with Crippen molar-refractivity contribution in [2.75, 3.05) is 0 Å². The topological polar surface area (TPSA) is 38.1 Å². The highest BCUT2D eigenvalue weighted by Crippen LogP contribution is 2.41. The molecule has 96 valence electrons. The van der Waals surface area contributed by atoms with Gasteiger partial charge in [0.2, 0.25) is 0 Å². The van der Waals surface area contributed by atoms with Crippen LogP contribution < -0.4 is 0 Å². The van der Waals surface area contributed by atoms with Crippen molar-refractivity contribution in [3.05, 3.63) is 18.0 Å². The molecule has 1 aromatic rings. The monoisotopic (exact) mass is 236 g/mol. The summed E-state index contributed by atoms with van der Waals surface area (Å²) in [5, 5.41) is 15.0. The second-order valence-electron chi connectivity index (χ2n) is 5.96. The van der Waals surface area contributed by atoms with Crippen LogP contribution in [0, 0.1) is 11.8 Å². The van der Waals surface area contributed by atoms with Gasteiger partial charge in [0.15, 0.2) is 0 Å². The molecule has 0 bridgehead atoms. The van der Waals surface area contributed by atoms with Crippen molar-refractivity contribution < 1.29 is 5.11 Å². The third kappa shape index (κ3) is 2.71. The molecule has 1 aliphatic rings. The third-order valence-electron chi connectivity index (χ3n) is 3.93. The summed E-state index contributed by atoms with van der Waals surface area (Å²) in [7, 11) is 1.92. The summed E-state index contributed by atoms with van der Waals surface area (Å²) < 4.78 is 1.82. The normalized spacial score (nSPS) is 29.8. The molecule has 0 spiro atoms. The van der Waals surface area contributed by atoms with E-state index in [9.17, 15) is 5.11 Å². The Morgan fingerprint density at radius 2 is 2.35 bits per heavy atom. The van der Waals surface area contributed by atoms with Gasteiger partial charge in [0.25, 0.3) is 0 Å². The van der Waals surface area contributed by atoms with Gasteiger partial charge >= 0.3 is 0 Å². The predicted octanol–water partition coefficient (Wildman–Crippen LogP) is 2.84. The van der Waals surface area contributed by atoms with E-state index in [1.807, 2.05) is 17.8 Å². The standard InChI is InChI=1S/C14H24N2O/c1-11(2)9-12-5-4-7-14(17,10-12)13-6-8-15-16(13)3/h6,8,11-12,17H,4-5,7,9-10H2,1-3H3. The summed E-state index contributed by atoms with van der Waals surface area (Å²) in [5.74, 6) is 1.37. The molecular weight excluding hydrogens is 212 g/mol. The minimum absolute atomic E-state index is 0.650. The minimum Gasteiger partial charge on any atom is -0.384 e. The molecule has 1 aliphatic carbocycles. The van der Waals surface area contributed by atoms with Crippen molar-refractivity contribution in [2.24, 2.45) is 18.9 Å². The van der Waals surface area contributed by atoms with E-state index in [0.29, 0.717) is 11.8 Å². The Morgan fingerprint density at radius 3 is 2.94 bits per heavy atom. The van der Waals surface area contributed by atoms with Gasteiger partial charge in [-0.2, -0.15) is 5.10 Å². The summed E-state index contributed by atoms with van der Waals surface area (Å²) in [6, 6.07) is 1.96. The van der Waals surface area contributed by atoms with Crippen LogP contribution in [-0.2, 0) is 12.6 Å². The summed E-state index contributed by atoms with van der Waals surface area (Å²) >= 11 is 0. The molecule has 1 saturated carbocycles. The van der Waals surface area contributed by atoms with Gasteiger partial charge in [0.1, 0.15) is 5.60 Å². The Kier molecular flexibility index (Phi) is 3.57. The summed E-state index contributed by atoms with van der Waals surface area (Å²) in [4.78, 5) is 0. The second kappa shape index (κ2) is 4.81. The van der Waals surface area contributed by atoms with E-state index in [1.165, 1.54) is 12.8 Å². The lowest BCUT2D eigenvalue weighted by atomic mass is 9.74. The molecule has 1 aromatic heterocycles. The number of rotatable bonds is 3. The number of hydrogen-bond acceptors (Lipinski definition) is 2. The lowest BCUT2D eigenvalue weighted by molar-refractivity contribution is -0.0309. The molecule has 2 rings (SSSR count). The second-order valence-corrected chi connectivity index (χ2v) is 5.96. The first-order chi connectivity index (χ1) is 8.01. The van der Waals surface area contributed by atoms with Crippen LogP contribution in [-0.4, -0.2) is 14.9 Å². The van der Waals surface area contributed by atoms with E-state index in [0.717, 1.165) is 25.0 Å². The third-order valence-corrected chi connectivity index (χ3v) is 3.93. The highest BCUT2D eigenvalue weighted by Gasteiger charge is 2.37. The maximum Gasteiger partial charge on any atom is 0.106 e. The van der Waals surface area contributed by atoms with Gasteiger partial charge in [-0.25, -0.2) is 0 Å². The van der Waals surface area contributed by atoms with Gasteiger partial charge in [0.05, 0.1) is 5.69 Å². The minimum atomic E-state index is -0.650. The molecule has 17 heavy (non-hydrogen) atoms. The quantitative estimate of drug-likeness (QED) is 0.876. The molecule has 1 N–H and O–H groups in total. The maximum absolute atomic E-state index is 10.8. The summed E-state index contributed by atoms with van der Waals surface area (Å²) in [6.07, 6.45) is 7.16. The molecule has 0 saturated heterocycles. The molecule has 0 amide bonds. The number of aliphatic hydroxyl groups is 1. The fourth-order valence-electron chi connectivity index (χ4n) is 3.30. The Morgan fingerprint density at radius 1 is 1.59 bits per heavy atom. The van der Waals surface area contributed by atoms with Crippen LogP contribution >= 0.6 is 0 Å². The number of nitrogens with zero attached hydrogens (tertiary/aromatic N) is 2. The smallest absolute Gasteiger partial charge is 0.106 e. The van der Waals surface area contributed by atoms with Gasteiger partial charge in [-0.15, -0.1) is 0 Å². The van der Waals surface area contributed by atoms with E-state index in [1.54, 1.807) is 6.20 Å². The zero-order chi connectivity index (χ0) is 12.5. The van der Waals surface area contributed by atoms with Crippen molar-refractivity contribution in [1.29, 1.82) is 0 Å². The first-order valence-electron chi connectivity index (χ1n) is 6.72. The largest absolute Gasteiger partial charge is 0.384 e. The molecule has 2 atom stereocenters. The number of hydrogen-bond donors (Lipinski definition) is 1. The van der Waals surface area contributed by atoms with Gasteiger partial charge in [-0.1, -0.05) is 20.3 Å². The van der Waals surface area contributed by atoms with Crippen molar-refractivity contribution in [3.63, 3.8) is 0 Å². The fourth-order valence-corrected chi connectivity index (χ4v) is 3.30. The Labute approximate surface area is 104 Å². The van der Waals surface area contributed by atoms with Crippen LogP contribution in [0.3, 0.4) is 0 Å². The van der Waals surface area contributed by atoms with E-state index in [-0.39, 0.29) is 0 Å². The average Bonchev–Trinajstić information content (AvgIpc) is 2.64. The lowest BCUT2D eigenvalue weighted by Crippen LogP contribution is -2.35. The van der Waals surface area contributed by atoms with Crippen LogP contribution in [0.15, 0.2) is 12.3 Å². The fraction of sp³-hybridized carbons (Fsp3) is 0.786. The molecule has 0 aliphatic heterocycles. The molecule has 3 heteroatoms. The first-order valence-corrected chi connectivity index (χ1v) is 6.72. The summed E-state index contributed by atoms with van der Waals surface area (Å²) in [6.45, 7) is 4.52. The Balaban J connectivity index is 2.12.